The van der Waals surface area contributed by atoms with Crippen LogP contribution in [0.2, 0.25) is 0 Å². The molecular weight excluding hydrogens is 378 g/mol. The highest BCUT2D eigenvalue weighted by Crippen LogP contribution is 2.33. The Morgan fingerprint density at radius 1 is 0.897 bits per heavy atom. The van der Waals surface area contributed by atoms with Crippen molar-refractivity contribution in [1.82, 2.24) is 4.90 Å². The minimum Gasteiger partial charge on any atom is -0.464 e. The second-order valence-electron chi connectivity index (χ2n) is 6.53. The van der Waals surface area contributed by atoms with E-state index >= 15 is 0 Å². The van der Waals surface area contributed by atoms with Gasteiger partial charge in [-0.15, -0.1) is 0 Å². The number of ether oxygens (including phenoxy) is 3. The van der Waals surface area contributed by atoms with Crippen molar-refractivity contribution in [2.75, 3.05) is 26.4 Å². The maximum absolute atomic E-state index is 13.0. The first kappa shape index (κ1) is 22.5. The van der Waals surface area contributed by atoms with E-state index in [-0.39, 0.29) is 37.4 Å². The van der Waals surface area contributed by atoms with Crippen LogP contribution in [-0.4, -0.2) is 60.6 Å². The number of rotatable bonds is 11. The third-order valence-electron chi connectivity index (χ3n) is 4.74. The lowest BCUT2D eigenvalue weighted by Crippen LogP contribution is -2.63. The predicted molar refractivity (Wildman–Crippen MR) is 103 cm³/mol. The standard InChI is InChI=1S/C21H27NO7/c1-4-7-12-27-13-14-29-20(26)21(5-2,19(25)28-6-3)22-17(23)15-10-8-9-11-16(15)18(22)24/h8-11H,4-7,12-14H2,1-3H3. The molecule has 0 aromatic heterocycles. The molecule has 8 heteroatoms. The molecule has 8 nitrogen and oxygen atoms in total. The average Bonchev–Trinajstić information content (AvgIpc) is 2.98. The molecule has 0 aliphatic carbocycles. The van der Waals surface area contributed by atoms with Crippen molar-refractivity contribution in [1.29, 1.82) is 0 Å². The fourth-order valence-corrected chi connectivity index (χ4v) is 3.16. The van der Waals surface area contributed by atoms with E-state index in [1.54, 1.807) is 19.1 Å². The molecule has 1 atom stereocenters. The highest BCUT2D eigenvalue weighted by atomic mass is 16.6. The Morgan fingerprint density at radius 3 is 2.00 bits per heavy atom. The van der Waals surface area contributed by atoms with Crippen molar-refractivity contribution in [3.8, 4) is 0 Å². The molecule has 0 bridgehead atoms. The number of benzene rings is 1. The highest BCUT2D eigenvalue weighted by Gasteiger charge is 2.59. The van der Waals surface area contributed by atoms with E-state index in [2.05, 4.69) is 0 Å². The van der Waals surface area contributed by atoms with Gasteiger partial charge < -0.3 is 14.2 Å². The lowest BCUT2D eigenvalue weighted by atomic mass is 9.93. The van der Waals surface area contributed by atoms with Crippen LogP contribution < -0.4 is 0 Å². The first-order chi connectivity index (χ1) is 13.9. The Hall–Kier alpha value is -2.74. The van der Waals surface area contributed by atoms with Crippen LogP contribution in [0.25, 0.3) is 0 Å². The van der Waals surface area contributed by atoms with Gasteiger partial charge in [0.05, 0.1) is 24.3 Å². The van der Waals surface area contributed by atoms with Crippen molar-refractivity contribution >= 4 is 23.8 Å². The Balaban J connectivity index is 2.30. The number of nitrogens with zero attached hydrogens (tertiary/aromatic N) is 1. The van der Waals surface area contributed by atoms with E-state index < -0.39 is 29.3 Å². The van der Waals surface area contributed by atoms with Crippen LogP contribution >= 0.6 is 0 Å². The Labute approximate surface area is 170 Å². The van der Waals surface area contributed by atoms with E-state index in [9.17, 15) is 19.2 Å². The molecule has 1 aromatic carbocycles. The third-order valence-corrected chi connectivity index (χ3v) is 4.74. The molecule has 1 heterocycles. The van der Waals surface area contributed by atoms with Crippen molar-refractivity contribution < 1.29 is 33.4 Å². The summed E-state index contributed by atoms with van der Waals surface area (Å²) < 4.78 is 15.7. The van der Waals surface area contributed by atoms with E-state index in [0.717, 1.165) is 12.8 Å². The summed E-state index contributed by atoms with van der Waals surface area (Å²) in [6, 6.07) is 6.18. The van der Waals surface area contributed by atoms with Crippen molar-refractivity contribution in [3.05, 3.63) is 35.4 Å². The molecular formula is C21H27NO7. The number of carbonyl (C=O) groups excluding carboxylic acids is 4. The summed E-state index contributed by atoms with van der Waals surface area (Å²) in [6.07, 6.45) is 1.68. The van der Waals surface area contributed by atoms with Crippen LogP contribution in [0.4, 0.5) is 0 Å². The van der Waals surface area contributed by atoms with Gasteiger partial charge in [-0.05, 0) is 31.9 Å². The maximum Gasteiger partial charge on any atom is 0.344 e. The molecule has 0 N–H and O–H groups in total. The number of hydrogen-bond acceptors (Lipinski definition) is 7. The number of amides is 2. The molecule has 0 saturated carbocycles. The van der Waals surface area contributed by atoms with Gasteiger partial charge >= 0.3 is 11.9 Å². The lowest BCUT2D eigenvalue weighted by molar-refractivity contribution is -0.172. The van der Waals surface area contributed by atoms with Gasteiger partial charge in [0.15, 0.2) is 0 Å². The Kier molecular flexibility index (Phi) is 7.90. The van der Waals surface area contributed by atoms with Gasteiger partial charge in [0.2, 0.25) is 5.54 Å². The summed E-state index contributed by atoms with van der Waals surface area (Å²) in [6.45, 7) is 5.69. The van der Waals surface area contributed by atoms with Gasteiger partial charge in [-0.3, -0.25) is 9.59 Å². The quantitative estimate of drug-likeness (QED) is 0.241. The summed E-state index contributed by atoms with van der Waals surface area (Å²) in [5, 5.41) is 0. The topological polar surface area (TPSA) is 99.2 Å². The summed E-state index contributed by atoms with van der Waals surface area (Å²) in [7, 11) is 0. The second-order valence-corrected chi connectivity index (χ2v) is 6.53. The van der Waals surface area contributed by atoms with Crippen LogP contribution in [0, 0.1) is 0 Å². The largest absolute Gasteiger partial charge is 0.464 e. The summed E-state index contributed by atoms with van der Waals surface area (Å²) in [5.41, 5.74) is -1.92. The van der Waals surface area contributed by atoms with Gasteiger partial charge in [-0.1, -0.05) is 32.4 Å². The molecule has 1 unspecified atom stereocenters. The van der Waals surface area contributed by atoms with Crippen LogP contribution in [0.15, 0.2) is 24.3 Å². The maximum atomic E-state index is 13.0. The van der Waals surface area contributed by atoms with Gasteiger partial charge in [0, 0.05) is 6.61 Å². The van der Waals surface area contributed by atoms with E-state index in [0.29, 0.717) is 11.5 Å². The average molecular weight is 405 g/mol. The molecule has 1 aliphatic heterocycles. The SMILES string of the molecule is CCCCOCCOC(=O)C(CC)(C(=O)OCC)N1C(=O)c2ccccc2C1=O. The monoisotopic (exact) mass is 405 g/mol. The van der Waals surface area contributed by atoms with Crippen LogP contribution in [0.3, 0.4) is 0 Å². The first-order valence-electron chi connectivity index (χ1n) is 9.85. The van der Waals surface area contributed by atoms with Gasteiger partial charge in [-0.2, -0.15) is 0 Å². The first-order valence-corrected chi connectivity index (χ1v) is 9.85. The van der Waals surface area contributed by atoms with Crippen LogP contribution in [0.1, 0.15) is 60.7 Å². The fraction of sp³-hybridized carbons (Fsp3) is 0.524. The van der Waals surface area contributed by atoms with Crippen molar-refractivity contribution in [3.63, 3.8) is 0 Å². The Morgan fingerprint density at radius 2 is 1.48 bits per heavy atom. The zero-order valence-electron chi connectivity index (χ0n) is 17.1. The molecule has 2 amide bonds. The molecule has 0 fully saturated rings. The number of fused-ring (bicyclic) bond motifs is 1. The minimum absolute atomic E-state index is 0.0167. The van der Waals surface area contributed by atoms with Crippen LogP contribution in [-0.2, 0) is 23.8 Å². The highest BCUT2D eigenvalue weighted by molar-refractivity contribution is 6.26. The number of imide groups is 1. The summed E-state index contributed by atoms with van der Waals surface area (Å²) in [5.74, 6) is -3.45. The number of unbranched alkanes of at least 4 members (excludes halogenated alkanes) is 1. The second kappa shape index (κ2) is 10.2. The third kappa shape index (κ3) is 4.32. The van der Waals surface area contributed by atoms with Gasteiger partial charge in [-0.25, -0.2) is 14.5 Å². The molecule has 158 valence electrons. The molecule has 1 aliphatic rings. The lowest BCUT2D eigenvalue weighted by Gasteiger charge is -2.34. The molecule has 0 radical (unpaired) electrons. The fourth-order valence-electron chi connectivity index (χ4n) is 3.16. The smallest absolute Gasteiger partial charge is 0.344 e. The van der Waals surface area contributed by atoms with E-state index in [1.807, 2.05) is 6.92 Å². The molecule has 29 heavy (non-hydrogen) atoms. The van der Waals surface area contributed by atoms with Crippen molar-refractivity contribution in [2.45, 2.75) is 45.6 Å². The van der Waals surface area contributed by atoms with E-state index in [4.69, 9.17) is 14.2 Å². The zero-order valence-corrected chi connectivity index (χ0v) is 17.1. The number of esters is 2. The van der Waals surface area contributed by atoms with Gasteiger partial charge in [0.1, 0.15) is 6.61 Å². The zero-order chi connectivity index (χ0) is 21.4. The number of hydrogen-bond donors (Lipinski definition) is 0. The molecule has 0 saturated heterocycles. The normalized spacial score (nSPS) is 15.1. The predicted octanol–water partition coefficient (Wildman–Crippen LogP) is 2.35. The Bertz CT molecular complexity index is 741. The molecule has 2 rings (SSSR count). The van der Waals surface area contributed by atoms with Crippen molar-refractivity contribution in [2.24, 2.45) is 0 Å². The summed E-state index contributed by atoms with van der Waals surface area (Å²) >= 11 is 0. The van der Waals surface area contributed by atoms with Crippen LogP contribution in [0.5, 0.6) is 0 Å². The molecule has 1 aromatic rings. The van der Waals surface area contributed by atoms with Gasteiger partial charge in [0.25, 0.3) is 11.8 Å². The number of carbonyl (C=O) groups is 4. The minimum atomic E-state index is -2.19. The summed E-state index contributed by atoms with van der Waals surface area (Å²) in [4.78, 5) is 52.4. The van der Waals surface area contributed by atoms with E-state index in [1.165, 1.54) is 19.1 Å². The molecule has 0 spiro atoms.